The summed E-state index contributed by atoms with van der Waals surface area (Å²) in [4.78, 5) is 43.5. The van der Waals surface area contributed by atoms with E-state index in [-0.39, 0.29) is 30.4 Å². The van der Waals surface area contributed by atoms with Gasteiger partial charge in [-0.05, 0) is 182 Å². The first-order valence-corrected chi connectivity index (χ1v) is 41.4. The summed E-state index contributed by atoms with van der Waals surface area (Å²) in [7, 11) is -13.1. The lowest BCUT2D eigenvalue weighted by Crippen LogP contribution is -2.12. The maximum Gasteiger partial charge on any atom is 0.330 e. The van der Waals surface area contributed by atoms with Crippen LogP contribution in [0, 0.1) is 0 Å². The molecule has 0 atom stereocenters. The molecule has 0 aliphatic carbocycles. The number of halogens is 3. The second kappa shape index (κ2) is 46.3. The summed E-state index contributed by atoms with van der Waals surface area (Å²) in [5.41, 5.74) is 9.79. The van der Waals surface area contributed by atoms with Crippen molar-refractivity contribution in [3.8, 4) is 0 Å². The number of carboxylic acids is 1. The zero-order chi connectivity index (χ0) is 79.6. The summed E-state index contributed by atoms with van der Waals surface area (Å²) in [5, 5.41) is 17.2. The number of ether oxygens (including phenoxy) is 2. The molecule has 566 valence electrons. The highest BCUT2D eigenvalue weighted by Crippen LogP contribution is 2.24. The quantitative estimate of drug-likeness (QED) is 0.0135. The van der Waals surface area contributed by atoms with Crippen LogP contribution in [0.5, 0.6) is 0 Å². The topological polar surface area (TPSA) is 372 Å². The number of para-hydroxylation sites is 5. The van der Waals surface area contributed by atoms with E-state index in [1.807, 2.05) is 36.4 Å². The van der Waals surface area contributed by atoms with E-state index in [1.165, 1.54) is 78.9 Å². The Hall–Kier alpha value is -10.8. The van der Waals surface area contributed by atoms with Crippen LogP contribution >= 0.6 is 42.5 Å². The van der Waals surface area contributed by atoms with Gasteiger partial charge in [0.2, 0.25) is 0 Å². The molecule has 10 aromatic carbocycles. The van der Waals surface area contributed by atoms with Gasteiger partial charge in [-0.2, -0.15) is 0 Å². The molecule has 31 heteroatoms. The number of nitrogens with one attached hydrogen (secondary N) is 4. The van der Waals surface area contributed by atoms with E-state index in [9.17, 15) is 61.3 Å². The van der Waals surface area contributed by atoms with Crippen molar-refractivity contribution >= 4 is 162 Å². The molecule has 0 heterocycles. The fraction of sp³-hybridized carbons (Fsp3) is 0.0649. The summed E-state index contributed by atoms with van der Waals surface area (Å²) in [6.07, 6.45) is 8.87. The number of sulfonamides is 4. The third-order valence-electron chi connectivity index (χ3n) is 12.8. The smallest absolute Gasteiger partial charge is 0.330 e. The van der Waals surface area contributed by atoms with E-state index < -0.39 is 73.5 Å². The summed E-state index contributed by atoms with van der Waals surface area (Å²) in [6, 6.07) is 75.3. The minimum Gasteiger partial charge on any atom is -0.478 e. The summed E-state index contributed by atoms with van der Waals surface area (Å²) < 4.78 is 140. The third kappa shape index (κ3) is 35.5. The molecule has 0 radical (unpaired) electrons. The monoisotopic (exact) mass is 1710 g/mol. The number of hydrogen-bond acceptors (Lipinski definition) is 18. The van der Waals surface area contributed by atoms with Gasteiger partial charge in [-0.25, -0.2) is 56.5 Å². The largest absolute Gasteiger partial charge is 0.478 e. The average molecular weight is 1710 g/mol. The maximum atomic E-state index is 12.4. The molecule has 0 aliphatic heterocycles. The minimum atomic E-state index is -3.71. The van der Waals surface area contributed by atoms with Crippen LogP contribution in [0.1, 0.15) is 30.5 Å². The molecule has 0 aliphatic rings. The average Bonchev–Trinajstić information content (AvgIpc) is 0.845. The van der Waals surface area contributed by atoms with Gasteiger partial charge in [-0.3, -0.25) is 23.7 Å². The van der Waals surface area contributed by atoms with Crippen LogP contribution in [-0.2, 0) is 77.8 Å². The SMILES string of the molecule is C=CC(=O)OCC.CCOC(=O)/C=C/c1cccc(S(=O)(=O)Nc2ccccc2)c1.Nc1ccccc1.O=C(/C=C/c1cccc(S(=O)(=O)Nc2ccccc2)c1)CO.O=C(O)/C=C/c1cccc(S(=O)(=O)Nc2ccccc2)c1.O=S(=O)(Cl)c1cccc(Br)c1.O=S(=O)(Nc1ccccc1)c1cccc(Br)c1. The molecule has 10 aromatic rings. The Morgan fingerprint density at radius 1 is 0.407 bits per heavy atom. The summed E-state index contributed by atoms with van der Waals surface area (Å²) in [6.45, 7) is 6.80. The molecule has 0 bridgehead atoms. The molecule has 10 rings (SSSR count). The van der Waals surface area contributed by atoms with Crippen molar-refractivity contribution < 1.29 is 81.0 Å². The maximum absolute atomic E-state index is 12.4. The molecule has 0 amide bonds. The van der Waals surface area contributed by atoms with Crippen LogP contribution in [0.2, 0.25) is 0 Å². The Kier molecular flexibility index (Phi) is 38.4. The van der Waals surface area contributed by atoms with Gasteiger partial charge in [-0.1, -0.05) is 184 Å². The van der Waals surface area contributed by atoms with Crippen molar-refractivity contribution in [2.75, 3.05) is 44.4 Å². The first-order chi connectivity index (χ1) is 51.3. The Labute approximate surface area is 650 Å². The predicted molar refractivity (Wildman–Crippen MR) is 431 cm³/mol. The van der Waals surface area contributed by atoms with E-state index in [0.29, 0.717) is 57.1 Å². The zero-order valence-corrected chi connectivity index (χ0v) is 65.5. The van der Waals surface area contributed by atoms with Gasteiger partial charge in [0, 0.05) is 66.3 Å². The lowest BCUT2D eigenvalue weighted by Gasteiger charge is -2.08. The Morgan fingerprint density at radius 2 is 0.694 bits per heavy atom. The van der Waals surface area contributed by atoms with E-state index >= 15 is 0 Å². The van der Waals surface area contributed by atoms with E-state index in [4.69, 9.17) is 31.4 Å². The number of rotatable bonds is 23. The molecule has 23 nitrogen and oxygen atoms in total. The first kappa shape index (κ1) is 89.6. The lowest BCUT2D eigenvalue weighted by molar-refractivity contribution is -0.138. The van der Waals surface area contributed by atoms with Crippen LogP contribution in [0.4, 0.5) is 28.4 Å². The fourth-order valence-corrected chi connectivity index (χ4v) is 14.3. The highest BCUT2D eigenvalue weighted by Gasteiger charge is 2.18. The predicted octanol–water partition coefficient (Wildman–Crippen LogP) is 15.3. The van der Waals surface area contributed by atoms with Crippen LogP contribution < -0.4 is 24.6 Å². The number of carboxylic acid groups (broad SMARTS) is 1. The molecule has 0 spiro atoms. The molecular formula is C77H74Br2ClN5O18S5. The third-order valence-corrected chi connectivity index (χ3v) is 20.6. The van der Waals surface area contributed by atoms with Gasteiger partial charge in [-0.15, -0.1) is 0 Å². The van der Waals surface area contributed by atoms with Gasteiger partial charge in [0.25, 0.3) is 49.1 Å². The highest BCUT2D eigenvalue weighted by atomic mass is 79.9. The number of aliphatic hydroxyl groups excluding tert-OH is 1. The number of nitrogens with two attached hydrogens (primary N) is 1. The van der Waals surface area contributed by atoms with E-state index in [1.54, 1.807) is 202 Å². The van der Waals surface area contributed by atoms with Gasteiger partial charge < -0.3 is 25.4 Å². The van der Waals surface area contributed by atoms with Crippen LogP contribution in [-0.4, -0.2) is 95.8 Å². The summed E-state index contributed by atoms with van der Waals surface area (Å²) >= 11 is 6.38. The second-order valence-electron chi connectivity index (χ2n) is 21.0. The number of hydrogen-bond donors (Lipinski definition) is 7. The Morgan fingerprint density at radius 3 is 0.963 bits per heavy atom. The molecule has 108 heavy (non-hydrogen) atoms. The van der Waals surface area contributed by atoms with Gasteiger partial charge >= 0.3 is 17.9 Å². The summed E-state index contributed by atoms with van der Waals surface area (Å²) in [5.74, 6) is -2.37. The van der Waals surface area contributed by atoms with Crippen molar-refractivity contribution in [3.63, 3.8) is 0 Å². The van der Waals surface area contributed by atoms with Crippen molar-refractivity contribution in [1.29, 1.82) is 0 Å². The zero-order valence-electron chi connectivity index (χ0n) is 57.5. The molecular weight excluding hydrogens is 1640 g/mol. The number of benzene rings is 10. The number of esters is 2. The number of ketones is 1. The molecule has 8 N–H and O–H groups in total. The van der Waals surface area contributed by atoms with E-state index in [2.05, 4.69) is 62.1 Å². The molecule has 0 aromatic heterocycles. The first-order valence-electron chi connectivity index (χ1n) is 31.5. The van der Waals surface area contributed by atoms with Crippen molar-refractivity contribution in [2.24, 2.45) is 0 Å². The van der Waals surface area contributed by atoms with Crippen LogP contribution in [0.3, 0.4) is 0 Å². The number of aliphatic carboxylic acids is 1. The van der Waals surface area contributed by atoms with Gasteiger partial charge in [0.15, 0.2) is 5.78 Å². The standard InChI is InChI=1S/C17H17NO4S.C16H15NO4S.C15H13NO4S.C12H10BrNO2S.C6H4BrClO2S.C6H7N.C5H8O2/c1-2-22-17(19)12-11-14-7-6-10-16(13-14)23(20,21)18-15-8-4-3-5-9-15;18-12-15(19)10-9-13-5-4-8-16(11-13)22(20,21)17-14-6-2-1-3-7-14;17-15(18)10-9-12-5-4-8-14(11-12)21(19,20)16-13-6-2-1-3-7-13;13-10-5-4-8-12(9-10)17(15,16)14-11-6-2-1-3-7-11;7-5-2-1-3-6(4-5)11(8,9)10;7-6-4-2-1-3-5-6;1-3-5(6)7-4-2/h3-13,18H,2H2,1H3;1-11,17-18H,12H2;1-11,16H,(H,17,18);1-9,14H;1-4H;1-5H,7H2;3H,1,4H2,2H3/b12-11+;2*10-9+;;;;. The number of anilines is 5. The number of nitrogen functional groups attached to an aromatic ring is 1. The lowest BCUT2D eigenvalue weighted by atomic mass is 10.2. The normalized spacial score (nSPS) is 10.9. The van der Waals surface area contributed by atoms with Crippen LogP contribution in [0.15, 0.2) is 337 Å². The van der Waals surface area contributed by atoms with Gasteiger partial charge in [0.05, 0.1) is 37.7 Å². The number of carbonyl (C=O) groups is 4. The molecule has 0 fully saturated rings. The molecule has 0 saturated carbocycles. The van der Waals surface area contributed by atoms with Crippen molar-refractivity contribution in [1.82, 2.24) is 0 Å². The minimum absolute atomic E-state index is 0.0684. The second-order valence-corrected chi connectivity index (χ2v) is 32.2. The van der Waals surface area contributed by atoms with Crippen molar-refractivity contribution in [2.45, 2.75) is 38.3 Å². The molecule has 0 saturated heterocycles. The Bertz CT molecular complexity index is 5260. The fourth-order valence-electron chi connectivity index (χ4n) is 7.91. The highest BCUT2D eigenvalue weighted by molar-refractivity contribution is 9.10. The number of aliphatic hydroxyl groups is 1. The van der Waals surface area contributed by atoms with Crippen LogP contribution in [0.25, 0.3) is 18.2 Å². The molecule has 0 unspecified atom stereocenters. The Balaban J connectivity index is 0.000000276. The van der Waals surface area contributed by atoms with E-state index in [0.717, 1.165) is 22.3 Å². The van der Waals surface area contributed by atoms with Crippen molar-refractivity contribution in [3.05, 3.63) is 330 Å². The van der Waals surface area contributed by atoms with Gasteiger partial charge in [0.1, 0.15) is 6.61 Å². The number of carbonyl (C=O) groups excluding carboxylic acids is 3.